The van der Waals surface area contributed by atoms with Crippen LogP contribution in [0.25, 0.3) is 0 Å². The number of carbonyl (C=O) groups is 1. The molecule has 3 nitrogen and oxygen atoms in total. The minimum atomic E-state index is 0.0985. The largest absolute Gasteiger partial charge is 0.314 e. The van der Waals surface area contributed by atoms with Crippen molar-refractivity contribution in [2.24, 2.45) is 5.92 Å². The SMILES string of the molecule is CN(C(=O)[C@@H]1C[C@H]1c1ccccc1)c1cncc(Br)c1. The van der Waals surface area contributed by atoms with E-state index in [1.54, 1.807) is 17.3 Å². The van der Waals surface area contributed by atoms with E-state index in [1.807, 2.05) is 31.3 Å². The average molecular weight is 331 g/mol. The van der Waals surface area contributed by atoms with E-state index in [0.29, 0.717) is 5.92 Å². The van der Waals surface area contributed by atoms with Gasteiger partial charge in [-0.1, -0.05) is 30.3 Å². The second-order valence-corrected chi connectivity index (χ2v) is 6.03. The first kappa shape index (κ1) is 13.3. The Balaban J connectivity index is 1.72. The molecule has 1 aromatic heterocycles. The Morgan fingerprint density at radius 1 is 1.30 bits per heavy atom. The maximum absolute atomic E-state index is 12.5. The second kappa shape index (κ2) is 5.37. The van der Waals surface area contributed by atoms with Gasteiger partial charge in [-0.25, -0.2) is 0 Å². The van der Waals surface area contributed by atoms with Gasteiger partial charge in [0.15, 0.2) is 0 Å². The Labute approximate surface area is 126 Å². The number of halogens is 1. The Kier molecular flexibility index (Phi) is 3.57. The zero-order valence-electron chi connectivity index (χ0n) is 11.2. The first-order chi connectivity index (χ1) is 9.66. The number of aromatic nitrogens is 1. The van der Waals surface area contributed by atoms with Gasteiger partial charge in [-0.3, -0.25) is 9.78 Å². The molecule has 102 valence electrons. The Morgan fingerprint density at radius 2 is 2.05 bits per heavy atom. The fourth-order valence-electron chi connectivity index (χ4n) is 2.50. The number of hydrogen-bond acceptors (Lipinski definition) is 2. The lowest BCUT2D eigenvalue weighted by atomic mass is 10.1. The van der Waals surface area contributed by atoms with Gasteiger partial charge in [-0.15, -0.1) is 0 Å². The summed E-state index contributed by atoms with van der Waals surface area (Å²) in [5, 5.41) is 0. The van der Waals surface area contributed by atoms with E-state index in [0.717, 1.165) is 16.6 Å². The van der Waals surface area contributed by atoms with Crippen LogP contribution < -0.4 is 4.90 Å². The average Bonchev–Trinajstić information content (AvgIpc) is 3.27. The third kappa shape index (κ3) is 2.61. The number of anilines is 1. The molecule has 0 radical (unpaired) electrons. The molecule has 1 saturated carbocycles. The standard InChI is InChI=1S/C16H15BrN2O/c1-19(13-7-12(17)9-18-10-13)16(20)15-8-14(15)11-5-3-2-4-6-11/h2-7,9-10,14-15H,8H2,1H3/t14-,15+/m0/s1. The quantitative estimate of drug-likeness (QED) is 0.861. The highest BCUT2D eigenvalue weighted by molar-refractivity contribution is 9.10. The summed E-state index contributed by atoms with van der Waals surface area (Å²) in [5.74, 6) is 0.631. The van der Waals surface area contributed by atoms with E-state index in [1.165, 1.54) is 5.56 Å². The molecule has 2 aromatic rings. The number of amides is 1. The molecule has 0 unspecified atom stereocenters. The van der Waals surface area contributed by atoms with E-state index in [2.05, 4.69) is 33.0 Å². The monoisotopic (exact) mass is 330 g/mol. The molecule has 3 rings (SSSR count). The number of nitrogens with zero attached hydrogens (tertiary/aromatic N) is 2. The number of hydrogen-bond donors (Lipinski definition) is 0. The van der Waals surface area contributed by atoms with Gasteiger partial charge in [0.1, 0.15) is 0 Å². The van der Waals surface area contributed by atoms with Crippen LogP contribution >= 0.6 is 15.9 Å². The summed E-state index contributed by atoms with van der Waals surface area (Å²) in [6.07, 6.45) is 4.36. The summed E-state index contributed by atoms with van der Waals surface area (Å²) < 4.78 is 0.880. The zero-order valence-corrected chi connectivity index (χ0v) is 12.7. The summed E-state index contributed by atoms with van der Waals surface area (Å²) >= 11 is 3.38. The molecule has 1 aliphatic carbocycles. The topological polar surface area (TPSA) is 33.2 Å². The van der Waals surface area contributed by atoms with Crippen molar-refractivity contribution in [2.75, 3.05) is 11.9 Å². The lowest BCUT2D eigenvalue weighted by molar-refractivity contribution is -0.119. The van der Waals surface area contributed by atoms with Crippen molar-refractivity contribution in [3.8, 4) is 0 Å². The lowest BCUT2D eigenvalue weighted by Crippen LogP contribution is -2.28. The minimum Gasteiger partial charge on any atom is -0.314 e. The van der Waals surface area contributed by atoms with Crippen molar-refractivity contribution < 1.29 is 4.79 Å². The predicted molar refractivity (Wildman–Crippen MR) is 82.6 cm³/mol. The summed E-state index contributed by atoms with van der Waals surface area (Å²) in [4.78, 5) is 18.3. The van der Waals surface area contributed by atoms with Crippen molar-refractivity contribution in [2.45, 2.75) is 12.3 Å². The van der Waals surface area contributed by atoms with E-state index < -0.39 is 0 Å². The Bertz CT molecular complexity index is 629. The molecule has 0 aliphatic heterocycles. The molecular weight excluding hydrogens is 316 g/mol. The normalized spacial score (nSPS) is 20.5. The summed E-state index contributed by atoms with van der Waals surface area (Å²) in [6, 6.07) is 12.2. The third-order valence-corrected chi connectivity index (χ3v) is 4.18. The van der Waals surface area contributed by atoms with Crippen LogP contribution in [0.5, 0.6) is 0 Å². The van der Waals surface area contributed by atoms with Crippen LogP contribution in [0.1, 0.15) is 17.9 Å². The van der Waals surface area contributed by atoms with Gasteiger partial charge in [0.05, 0.1) is 11.9 Å². The van der Waals surface area contributed by atoms with Crippen molar-refractivity contribution in [1.82, 2.24) is 4.98 Å². The summed E-state index contributed by atoms with van der Waals surface area (Å²) in [5.41, 5.74) is 2.08. The third-order valence-electron chi connectivity index (χ3n) is 3.74. The van der Waals surface area contributed by atoms with Crippen molar-refractivity contribution in [3.63, 3.8) is 0 Å². The first-order valence-corrected chi connectivity index (χ1v) is 7.39. The van der Waals surface area contributed by atoms with E-state index in [4.69, 9.17) is 0 Å². The van der Waals surface area contributed by atoms with Gasteiger partial charge in [0, 0.05) is 23.6 Å². The van der Waals surface area contributed by atoms with Crippen LogP contribution in [0.4, 0.5) is 5.69 Å². The minimum absolute atomic E-state index is 0.0985. The molecule has 4 heteroatoms. The van der Waals surface area contributed by atoms with Crippen LogP contribution in [0.2, 0.25) is 0 Å². The van der Waals surface area contributed by atoms with Crippen LogP contribution in [0.3, 0.4) is 0 Å². The highest BCUT2D eigenvalue weighted by Crippen LogP contribution is 2.48. The molecular formula is C16H15BrN2O. The van der Waals surface area contributed by atoms with Gasteiger partial charge < -0.3 is 4.90 Å². The fraction of sp³-hybridized carbons (Fsp3) is 0.250. The molecule has 1 heterocycles. The van der Waals surface area contributed by atoms with Crippen LogP contribution in [0, 0.1) is 5.92 Å². The Hall–Kier alpha value is -1.68. The molecule has 0 spiro atoms. The highest BCUT2D eigenvalue weighted by atomic mass is 79.9. The van der Waals surface area contributed by atoms with Gasteiger partial charge >= 0.3 is 0 Å². The van der Waals surface area contributed by atoms with Crippen molar-refractivity contribution >= 4 is 27.5 Å². The lowest BCUT2D eigenvalue weighted by Gasteiger charge is -2.17. The molecule has 1 aromatic carbocycles. The number of benzene rings is 1. The fourth-order valence-corrected chi connectivity index (χ4v) is 2.85. The van der Waals surface area contributed by atoms with Crippen LogP contribution in [0.15, 0.2) is 53.3 Å². The molecule has 1 fully saturated rings. The maximum Gasteiger partial charge on any atom is 0.230 e. The Morgan fingerprint density at radius 3 is 2.75 bits per heavy atom. The van der Waals surface area contributed by atoms with E-state index >= 15 is 0 Å². The van der Waals surface area contributed by atoms with E-state index in [-0.39, 0.29) is 11.8 Å². The molecule has 1 amide bonds. The number of carbonyl (C=O) groups excluding carboxylic acids is 1. The highest BCUT2D eigenvalue weighted by Gasteiger charge is 2.45. The van der Waals surface area contributed by atoms with Crippen LogP contribution in [-0.2, 0) is 4.79 Å². The van der Waals surface area contributed by atoms with E-state index in [9.17, 15) is 4.79 Å². The molecule has 0 N–H and O–H groups in total. The smallest absolute Gasteiger partial charge is 0.230 e. The summed E-state index contributed by atoms with van der Waals surface area (Å²) in [6.45, 7) is 0. The predicted octanol–water partition coefficient (Wildman–Crippen LogP) is 3.61. The van der Waals surface area contributed by atoms with Crippen molar-refractivity contribution in [1.29, 1.82) is 0 Å². The first-order valence-electron chi connectivity index (χ1n) is 6.60. The van der Waals surface area contributed by atoms with Crippen LogP contribution in [-0.4, -0.2) is 17.9 Å². The van der Waals surface area contributed by atoms with Gasteiger partial charge in [0.2, 0.25) is 5.91 Å². The second-order valence-electron chi connectivity index (χ2n) is 5.12. The van der Waals surface area contributed by atoms with Gasteiger partial charge in [-0.2, -0.15) is 0 Å². The summed E-state index contributed by atoms with van der Waals surface area (Å²) in [7, 11) is 1.81. The van der Waals surface area contributed by atoms with Gasteiger partial charge in [-0.05, 0) is 39.9 Å². The molecule has 20 heavy (non-hydrogen) atoms. The zero-order chi connectivity index (χ0) is 14.1. The molecule has 2 atom stereocenters. The molecule has 0 bridgehead atoms. The maximum atomic E-state index is 12.5. The number of pyridine rings is 1. The van der Waals surface area contributed by atoms with Gasteiger partial charge in [0.25, 0.3) is 0 Å². The number of rotatable bonds is 3. The molecule has 1 aliphatic rings. The molecule has 0 saturated heterocycles. The van der Waals surface area contributed by atoms with Crippen molar-refractivity contribution in [3.05, 3.63) is 58.8 Å².